The number of nitriles is 1. The van der Waals surface area contributed by atoms with Gasteiger partial charge in [0, 0.05) is 6.20 Å². The van der Waals surface area contributed by atoms with E-state index < -0.39 is 0 Å². The largest absolute Gasteiger partial charge is 0.350 e. The van der Waals surface area contributed by atoms with Gasteiger partial charge in [0.25, 0.3) is 0 Å². The summed E-state index contributed by atoms with van der Waals surface area (Å²) in [4.78, 5) is 12.5. The number of nitrogens with zero attached hydrogens (tertiary/aromatic N) is 6. The van der Waals surface area contributed by atoms with E-state index in [4.69, 9.17) is 0 Å². The van der Waals surface area contributed by atoms with Gasteiger partial charge in [-0.05, 0) is 31.2 Å². The molecule has 0 bridgehead atoms. The van der Waals surface area contributed by atoms with Crippen LogP contribution in [0.5, 0.6) is 0 Å². The van der Waals surface area contributed by atoms with E-state index in [1.165, 1.54) is 9.08 Å². The van der Waals surface area contributed by atoms with Crippen LogP contribution in [0.4, 0.5) is 0 Å². The van der Waals surface area contributed by atoms with Crippen molar-refractivity contribution < 1.29 is 0 Å². The van der Waals surface area contributed by atoms with E-state index >= 15 is 0 Å². The molecule has 0 N–H and O–H groups in total. The average molecular weight is 330 g/mol. The van der Waals surface area contributed by atoms with Crippen LogP contribution in [0.2, 0.25) is 0 Å². The molecule has 0 saturated carbocycles. The number of para-hydroxylation sites is 1. The first-order valence-corrected chi connectivity index (χ1v) is 7.77. The molecule has 1 aromatic carbocycles. The van der Waals surface area contributed by atoms with Gasteiger partial charge in [-0.3, -0.25) is 4.40 Å². The van der Waals surface area contributed by atoms with Gasteiger partial charge < -0.3 is 0 Å². The second kappa shape index (κ2) is 5.76. The lowest BCUT2D eigenvalue weighted by molar-refractivity contribution is 0.624. The predicted octanol–water partition coefficient (Wildman–Crippen LogP) is 1.91. The van der Waals surface area contributed by atoms with Crippen molar-refractivity contribution in [3.63, 3.8) is 0 Å². The van der Waals surface area contributed by atoms with Crippen LogP contribution in [-0.4, -0.2) is 24.0 Å². The summed E-state index contributed by atoms with van der Waals surface area (Å²) in [7, 11) is 0. The van der Waals surface area contributed by atoms with Crippen LogP contribution in [0.3, 0.4) is 0 Å². The number of aromatic nitrogens is 5. The van der Waals surface area contributed by atoms with Gasteiger partial charge in [0.15, 0.2) is 5.65 Å². The number of rotatable bonds is 3. The van der Waals surface area contributed by atoms with Crippen molar-refractivity contribution in [2.75, 3.05) is 0 Å². The van der Waals surface area contributed by atoms with Gasteiger partial charge >= 0.3 is 5.69 Å². The molecule has 7 nitrogen and oxygen atoms in total. The molecule has 0 aliphatic rings. The maximum Gasteiger partial charge on any atom is 0.350 e. The Morgan fingerprint density at radius 1 is 1.08 bits per heavy atom. The highest BCUT2D eigenvalue weighted by atomic mass is 16.2. The van der Waals surface area contributed by atoms with Crippen molar-refractivity contribution in [1.29, 1.82) is 5.26 Å². The highest BCUT2D eigenvalue weighted by Gasteiger charge is 2.18. The first kappa shape index (κ1) is 14.9. The maximum atomic E-state index is 12.5. The van der Waals surface area contributed by atoms with Crippen LogP contribution >= 0.6 is 0 Å². The number of pyridine rings is 1. The number of benzene rings is 1. The Balaban J connectivity index is 1.89. The first-order valence-electron chi connectivity index (χ1n) is 7.77. The number of hydrogen-bond acceptors (Lipinski definition) is 4. The maximum absolute atomic E-state index is 12.5. The molecule has 0 saturated heterocycles. The van der Waals surface area contributed by atoms with E-state index in [9.17, 15) is 10.1 Å². The van der Waals surface area contributed by atoms with E-state index in [-0.39, 0.29) is 12.2 Å². The van der Waals surface area contributed by atoms with Gasteiger partial charge in [-0.15, -0.1) is 5.10 Å². The molecule has 0 aliphatic heterocycles. The lowest BCUT2D eigenvalue weighted by Gasteiger charge is -2.07. The highest BCUT2D eigenvalue weighted by molar-refractivity contribution is 5.44. The zero-order valence-corrected chi connectivity index (χ0v) is 13.5. The Bertz CT molecular complexity index is 1160. The Morgan fingerprint density at radius 3 is 2.56 bits per heavy atom. The van der Waals surface area contributed by atoms with Crippen molar-refractivity contribution in [2.45, 2.75) is 13.5 Å². The fourth-order valence-corrected chi connectivity index (χ4v) is 2.86. The van der Waals surface area contributed by atoms with E-state index in [0.29, 0.717) is 22.6 Å². The van der Waals surface area contributed by atoms with Gasteiger partial charge in [-0.2, -0.15) is 10.4 Å². The highest BCUT2D eigenvalue weighted by Crippen LogP contribution is 2.18. The molecule has 0 amide bonds. The molecule has 0 unspecified atom stereocenters. The molecule has 122 valence electrons. The lowest BCUT2D eigenvalue weighted by atomic mass is 10.2. The quantitative estimate of drug-likeness (QED) is 0.575. The molecule has 7 heteroatoms. The van der Waals surface area contributed by atoms with Crippen molar-refractivity contribution in [1.82, 2.24) is 24.0 Å². The zero-order valence-electron chi connectivity index (χ0n) is 13.5. The average Bonchev–Trinajstić information content (AvgIpc) is 3.13. The van der Waals surface area contributed by atoms with Gasteiger partial charge in [0.05, 0.1) is 29.2 Å². The van der Waals surface area contributed by atoms with Gasteiger partial charge in [0.2, 0.25) is 0 Å². The molecular weight excluding hydrogens is 316 g/mol. The van der Waals surface area contributed by atoms with E-state index in [1.54, 1.807) is 29.9 Å². The molecule has 25 heavy (non-hydrogen) atoms. The Hall–Kier alpha value is -3.66. The third-order valence-electron chi connectivity index (χ3n) is 4.06. The minimum Gasteiger partial charge on any atom is -0.250 e. The smallest absolute Gasteiger partial charge is 0.250 e. The predicted molar refractivity (Wildman–Crippen MR) is 91.6 cm³/mol. The molecule has 0 spiro atoms. The summed E-state index contributed by atoms with van der Waals surface area (Å²) in [5.41, 5.74) is 2.87. The number of fused-ring (bicyclic) bond motifs is 1. The molecule has 0 aliphatic carbocycles. The van der Waals surface area contributed by atoms with Crippen LogP contribution in [-0.2, 0) is 6.54 Å². The standard InChI is InChI=1S/C18H14N6O/c1-13-15(11-19)16(24(20-13)14-7-3-2-4-8-14)12-23-18(25)22-10-6-5-9-17(22)21-23/h2-10H,12H2,1H3. The van der Waals surface area contributed by atoms with E-state index in [0.717, 1.165) is 5.69 Å². The molecule has 0 radical (unpaired) electrons. The molecule has 3 heterocycles. The van der Waals surface area contributed by atoms with Crippen molar-refractivity contribution >= 4 is 5.65 Å². The van der Waals surface area contributed by atoms with E-state index in [1.807, 2.05) is 36.4 Å². The number of hydrogen-bond donors (Lipinski definition) is 0. The summed E-state index contributed by atoms with van der Waals surface area (Å²) in [5, 5.41) is 18.3. The molecule has 0 fully saturated rings. The van der Waals surface area contributed by atoms with Gasteiger partial charge in [0.1, 0.15) is 6.07 Å². The monoisotopic (exact) mass is 330 g/mol. The molecule has 3 aromatic heterocycles. The lowest BCUT2D eigenvalue weighted by Crippen LogP contribution is -2.23. The molecule has 4 aromatic rings. The SMILES string of the molecule is Cc1nn(-c2ccccc2)c(Cn2nc3ccccn3c2=O)c1C#N. The molecule has 4 rings (SSSR count). The summed E-state index contributed by atoms with van der Waals surface area (Å²) in [6.07, 6.45) is 1.67. The topological polar surface area (TPSA) is 80.9 Å². The van der Waals surface area contributed by atoms with Crippen LogP contribution < -0.4 is 5.69 Å². The van der Waals surface area contributed by atoms with E-state index in [2.05, 4.69) is 16.3 Å². The Labute approximate surface area is 143 Å². The summed E-state index contributed by atoms with van der Waals surface area (Å²) in [5.74, 6) is 0. The van der Waals surface area contributed by atoms with Crippen LogP contribution in [0, 0.1) is 18.3 Å². The van der Waals surface area contributed by atoms with Gasteiger partial charge in [-0.25, -0.2) is 14.2 Å². The summed E-state index contributed by atoms with van der Waals surface area (Å²) in [6.45, 7) is 1.95. The molecular formula is C18H14N6O. The second-order valence-corrected chi connectivity index (χ2v) is 5.64. The van der Waals surface area contributed by atoms with Crippen molar-refractivity contribution in [2.24, 2.45) is 0 Å². The third kappa shape index (κ3) is 2.40. The van der Waals surface area contributed by atoms with Crippen LogP contribution in [0.25, 0.3) is 11.3 Å². The molecule has 0 atom stereocenters. The summed E-state index contributed by atoms with van der Waals surface area (Å²) in [6, 6.07) is 17.1. The van der Waals surface area contributed by atoms with Gasteiger partial charge in [-0.1, -0.05) is 24.3 Å². The van der Waals surface area contributed by atoms with Crippen LogP contribution in [0.1, 0.15) is 17.0 Å². The fourth-order valence-electron chi connectivity index (χ4n) is 2.86. The van der Waals surface area contributed by atoms with Crippen LogP contribution in [0.15, 0.2) is 59.5 Å². The third-order valence-corrected chi connectivity index (χ3v) is 4.06. The van der Waals surface area contributed by atoms with Crippen molar-refractivity contribution in [3.8, 4) is 11.8 Å². The second-order valence-electron chi connectivity index (χ2n) is 5.64. The zero-order chi connectivity index (χ0) is 17.4. The number of aryl methyl sites for hydroxylation is 1. The Morgan fingerprint density at radius 2 is 1.84 bits per heavy atom. The Kier molecular flexibility index (Phi) is 3.43. The summed E-state index contributed by atoms with van der Waals surface area (Å²) < 4.78 is 4.53. The first-order chi connectivity index (χ1) is 12.2. The fraction of sp³-hybridized carbons (Fsp3) is 0.111. The minimum atomic E-state index is -0.252. The van der Waals surface area contributed by atoms with Crippen molar-refractivity contribution in [3.05, 3.63) is 82.2 Å². The minimum absolute atomic E-state index is 0.166. The normalized spacial score (nSPS) is 10.9. The summed E-state index contributed by atoms with van der Waals surface area (Å²) >= 11 is 0.